The number of nitrogens with zero attached hydrogens (tertiary/aromatic N) is 2. The summed E-state index contributed by atoms with van der Waals surface area (Å²) < 4.78 is 4.78. The molecule has 3 aromatic carbocycles. The van der Waals surface area contributed by atoms with Gasteiger partial charge in [0.2, 0.25) is 5.91 Å². The summed E-state index contributed by atoms with van der Waals surface area (Å²) in [6.07, 6.45) is 12.5. The second kappa shape index (κ2) is 11.9. The van der Waals surface area contributed by atoms with Gasteiger partial charge >= 0.3 is 6.09 Å². The molecular weight excluding hydrogens is 624 g/mol. The number of hydrogen-bond acceptors (Lipinski definition) is 5. The van der Waals surface area contributed by atoms with Crippen LogP contribution in [0.15, 0.2) is 66.9 Å². The number of fused-ring (bicyclic) bond motifs is 10. The van der Waals surface area contributed by atoms with Crippen molar-refractivity contribution in [2.75, 3.05) is 13.7 Å². The first-order valence-electron chi connectivity index (χ1n) is 18.3. The fraction of sp³-hybridized carbons (Fsp3) is 0.405. The lowest BCUT2D eigenvalue weighted by atomic mass is 9.80. The zero-order chi connectivity index (χ0) is 34.3. The molecule has 2 fully saturated rings. The van der Waals surface area contributed by atoms with Crippen LogP contribution in [0, 0.1) is 5.92 Å². The number of phenolic OH excluding ortho intramolecular Hbond substituents is 1. The Morgan fingerprint density at radius 1 is 0.860 bits per heavy atom. The molecule has 6 atom stereocenters. The van der Waals surface area contributed by atoms with Crippen molar-refractivity contribution in [1.29, 1.82) is 0 Å². The number of ether oxygens (including phenoxy) is 1. The van der Waals surface area contributed by atoms with Gasteiger partial charge in [-0.1, -0.05) is 68.5 Å². The number of nitrogens with one attached hydrogen (secondary N) is 2. The summed E-state index contributed by atoms with van der Waals surface area (Å²) in [6.45, 7) is 4.47. The number of H-pyrrole nitrogens is 1. The van der Waals surface area contributed by atoms with Gasteiger partial charge in [-0.2, -0.15) is 0 Å². The summed E-state index contributed by atoms with van der Waals surface area (Å²) in [5.74, 6) is 2.99. The average molecular weight is 669 g/mol. The molecule has 1 aliphatic heterocycles. The third-order valence-electron chi connectivity index (χ3n) is 12.3. The monoisotopic (exact) mass is 668 g/mol. The lowest BCUT2D eigenvalue weighted by Crippen LogP contribution is -2.51. The van der Waals surface area contributed by atoms with Crippen LogP contribution >= 0.6 is 0 Å². The fourth-order valence-corrected chi connectivity index (χ4v) is 9.96. The second-order valence-electron chi connectivity index (χ2n) is 15.3. The molecule has 1 saturated heterocycles. The molecule has 4 bridgehead atoms. The van der Waals surface area contributed by atoms with Crippen molar-refractivity contribution < 1.29 is 19.4 Å². The Hall–Kier alpha value is -4.85. The second-order valence-corrected chi connectivity index (χ2v) is 15.3. The summed E-state index contributed by atoms with van der Waals surface area (Å²) in [4.78, 5) is 35.7. The molecule has 1 saturated carbocycles. The molecule has 0 radical (unpaired) electrons. The highest BCUT2D eigenvalue weighted by Crippen LogP contribution is 2.61. The van der Waals surface area contributed by atoms with Gasteiger partial charge in [0.1, 0.15) is 17.6 Å². The Balaban J connectivity index is 0.996. The van der Waals surface area contributed by atoms with E-state index >= 15 is 0 Å². The molecule has 8 heteroatoms. The highest BCUT2D eigenvalue weighted by Gasteiger charge is 2.43. The lowest BCUT2D eigenvalue weighted by Gasteiger charge is -2.30. The predicted molar refractivity (Wildman–Crippen MR) is 193 cm³/mol. The molecule has 2 amide bonds. The first kappa shape index (κ1) is 31.2. The molecule has 1 aromatic heterocycles. The SMILES string of the molecule is COC(=O)NC(C(=O)N1CCCC1c1ncc(-c2ccc(-c3ccc(-c4ccc(O)c5c4C4CCC5C4)c4c3C3C=CC4C3)cc2)[nH]1)C(C)C. The van der Waals surface area contributed by atoms with Gasteiger partial charge in [-0.25, -0.2) is 9.78 Å². The molecule has 2 heterocycles. The van der Waals surface area contributed by atoms with Crippen LogP contribution in [0.25, 0.3) is 33.5 Å². The largest absolute Gasteiger partial charge is 0.508 e. The maximum Gasteiger partial charge on any atom is 0.407 e. The minimum atomic E-state index is -0.664. The number of alkyl carbamates (subject to hydrolysis) is 1. The molecular formula is C42H44N4O4. The third kappa shape index (κ3) is 4.82. The van der Waals surface area contributed by atoms with Crippen molar-refractivity contribution in [3.63, 3.8) is 0 Å². The number of rotatable bonds is 7. The zero-order valence-electron chi connectivity index (χ0n) is 28.9. The van der Waals surface area contributed by atoms with Crippen LogP contribution in [0.4, 0.5) is 4.79 Å². The van der Waals surface area contributed by atoms with Crippen LogP contribution in [0.1, 0.15) is 110 Å². The van der Waals surface area contributed by atoms with Crippen molar-refractivity contribution in [1.82, 2.24) is 20.2 Å². The van der Waals surface area contributed by atoms with Gasteiger partial charge in [0, 0.05) is 23.9 Å². The summed E-state index contributed by atoms with van der Waals surface area (Å²) in [5, 5.41) is 13.6. The Kier molecular flexibility index (Phi) is 7.41. The van der Waals surface area contributed by atoms with Crippen LogP contribution in [0.2, 0.25) is 0 Å². The number of aromatic nitrogens is 2. The lowest BCUT2D eigenvalue weighted by molar-refractivity contribution is -0.135. The molecule has 3 N–H and O–H groups in total. The van der Waals surface area contributed by atoms with E-state index in [9.17, 15) is 14.7 Å². The van der Waals surface area contributed by atoms with Gasteiger partial charge in [-0.15, -0.1) is 0 Å². The van der Waals surface area contributed by atoms with Gasteiger partial charge in [0.05, 0.1) is 25.0 Å². The van der Waals surface area contributed by atoms with Gasteiger partial charge in [0.25, 0.3) is 0 Å². The first-order chi connectivity index (χ1) is 24.3. The van der Waals surface area contributed by atoms with Crippen molar-refractivity contribution in [3.8, 4) is 39.3 Å². The van der Waals surface area contributed by atoms with Gasteiger partial charge in [0.15, 0.2) is 0 Å². The van der Waals surface area contributed by atoms with E-state index in [2.05, 4.69) is 64.9 Å². The Bertz CT molecular complexity index is 2040. The topological polar surface area (TPSA) is 108 Å². The van der Waals surface area contributed by atoms with Crippen LogP contribution in [-0.2, 0) is 9.53 Å². The molecule has 8 nitrogen and oxygen atoms in total. The summed E-state index contributed by atoms with van der Waals surface area (Å²) in [6, 6.07) is 16.7. The molecule has 5 aliphatic rings. The number of allylic oxidation sites excluding steroid dienone is 2. The molecule has 6 unspecified atom stereocenters. The molecule has 0 spiro atoms. The van der Waals surface area contributed by atoms with E-state index in [4.69, 9.17) is 9.72 Å². The Morgan fingerprint density at radius 3 is 2.26 bits per heavy atom. The molecule has 256 valence electrons. The number of aromatic hydroxyl groups is 1. The number of methoxy groups -OCH3 is 1. The van der Waals surface area contributed by atoms with Crippen LogP contribution in [-0.4, -0.2) is 51.7 Å². The van der Waals surface area contributed by atoms with E-state index < -0.39 is 12.1 Å². The van der Waals surface area contributed by atoms with Crippen LogP contribution in [0.5, 0.6) is 5.75 Å². The molecule has 4 aromatic rings. The smallest absolute Gasteiger partial charge is 0.407 e. The van der Waals surface area contributed by atoms with Crippen molar-refractivity contribution in [3.05, 3.63) is 95.0 Å². The van der Waals surface area contributed by atoms with E-state index in [0.29, 0.717) is 36.0 Å². The highest BCUT2D eigenvalue weighted by atomic mass is 16.5. The van der Waals surface area contributed by atoms with E-state index in [-0.39, 0.29) is 17.9 Å². The number of phenols is 1. The molecule has 9 rings (SSSR count). The van der Waals surface area contributed by atoms with Crippen LogP contribution in [0.3, 0.4) is 0 Å². The van der Waals surface area contributed by atoms with Crippen molar-refractivity contribution in [2.24, 2.45) is 5.92 Å². The standard InChI is InChI=1S/C42H44N4O4/c1-22(2)39(45-42(49)50-3)41(48)46-18-4-5-33(46)40-43-21-32(44-40)24-8-6-23(7-9-24)29-14-15-30(36-26-11-10-25(19-26)35(29)36)31-16-17-34(47)38-28-13-12-27(20-28)37(31)38/h6-11,14-17,21-22,25-28,33,39,47H,4-5,12-13,18-20H2,1-3H3,(H,43,44)(H,45,49). The van der Waals surface area contributed by atoms with E-state index in [1.165, 1.54) is 70.9 Å². The van der Waals surface area contributed by atoms with Gasteiger partial charge < -0.3 is 25.0 Å². The Labute approximate surface area is 293 Å². The van der Waals surface area contributed by atoms with Crippen LogP contribution < -0.4 is 5.32 Å². The quantitative estimate of drug-likeness (QED) is 0.171. The third-order valence-corrected chi connectivity index (χ3v) is 12.3. The number of carbonyl (C=O) groups is 2. The van der Waals surface area contributed by atoms with E-state index in [1.54, 1.807) is 0 Å². The number of likely N-dealkylation sites (tertiary alicyclic amines) is 1. The highest BCUT2D eigenvalue weighted by molar-refractivity contribution is 5.87. The maximum absolute atomic E-state index is 13.6. The summed E-state index contributed by atoms with van der Waals surface area (Å²) in [5.41, 5.74) is 12.7. The van der Waals surface area contributed by atoms with E-state index in [0.717, 1.165) is 36.3 Å². The zero-order valence-corrected chi connectivity index (χ0v) is 28.9. The Morgan fingerprint density at radius 2 is 1.52 bits per heavy atom. The molecule has 50 heavy (non-hydrogen) atoms. The van der Waals surface area contributed by atoms with Gasteiger partial charge in [-0.05, 0) is 107 Å². The summed E-state index contributed by atoms with van der Waals surface area (Å²) >= 11 is 0. The number of amides is 2. The molecule has 4 aliphatic carbocycles. The predicted octanol–water partition coefficient (Wildman–Crippen LogP) is 8.67. The number of benzene rings is 3. The van der Waals surface area contributed by atoms with E-state index in [1.807, 2.05) is 31.0 Å². The number of carbonyl (C=O) groups excluding carboxylic acids is 2. The van der Waals surface area contributed by atoms with Gasteiger partial charge in [-0.3, -0.25) is 4.79 Å². The summed E-state index contributed by atoms with van der Waals surface area (Å²) in [7, 11) is 1.31. The van der Waals surface area contributed by atoms with Crippen molar-refractivity contribution in [2.45, 2.75) is 88.1 Å². The number of hydrogen-bond donors (Lipinski definition) is 3. The maximum atomic E-state index is 13.6. The average Bonchev–Trinajstić information content (AvgIpc) is 3.99. The minimum Gasteiger partial charge on any atom is -0.508 e. The normalized spacial score (nSPS) is 24.6. The fourth-order valence-electron chi connectivity index (χ4n) is 9.96. The van der Waals surface area contributed by atoms with Crippen molar-refractivity contribution >= 4 is 12.0 Å². The first-order valence-corrected chi connectivity index (χ1v) is 18.3. The minimum absolute atomic E-state index is 0.0826. The number of aromatic amines is 1. The number of imidazole rings is 1.